The van der Waals surface area contributed by atoms with Crippen LogP contribution in [0.25, 0.3) is 0 Å². The van der Waals surface area contributed by atoms with E-state index in [9.17, 15) is 19.7 Å². The topological polar surface area (TPSA) is 119 Å². The van der Waals surface area contributed by atoms with Crippen LogP contribution < -0.4 is 11.2 Å². The Morgan fingerprint density at radius 3 is 2.61 bits per heavy atom. The van der Waals surface area contributed by atoms with E-state index in [0.29, 0.717) is 9.49 Å². The minimum atomic E-state index is -1.23. The largest absolute Gasteiger partial charge is 0.333 e. The van der Waals surface area contributed by atoms with Crippen LogP contribution in [0.1, 0.15) is 0 Å². The lowest BCUT2D eigenvalue weighted by Crippen LogP contribution is -2.63. The summed E-state index contributed by atoms with van der Waals surface area (Å²) in [5.41, 5.74) is 0.163. The number of hydrogen-bond donors (Lipinski definition) is 2. The third-order valence-electron chi connectivity index (χ3n) is 2.60. The molecule has 1 aliphatic carbocycles. The number of rotatable bonds is 1. The zero-order valence-corrected chi connectivity index (χ0v) is 11.8. The molecule has 10 heteroatoms. The zero-order chi connectivity index (χ0) is 13.6. The van der Waals surface area contributed by atoms with Crippen molar-refractivity contribution in [3.05, 3.63) is 30.9 Å². The van der Waals surface area contributed by atoms with E-state index in [2.05, 4.69) is 37.2 Å². The molecule has 2 rings (SSSR count). The van der Waals surface area contributed by atoms with Crippen LogP contribution >= 0.6 is 31.9 Å². The maximum atomic E-state index is 11.4. The van der Waals surface area contributed by atoms with Gasteiger partial charge in [-0.1, -0.05) is 0 Å². The van der Waals surface area contributed by atoms with Gasteiger partial charge in [0.05, 0.1) is 10.2 Å². The standard InChI is InChI=1S/C8H6Br2N4O4/c9-2-1-3-5(6(4(2)10)14(17)18)12-7(15)8(16)13(3)11/h1,5-6H,11H2,(H,12,15). The molecule has 2 unspecified atom stereocenters. The molecule has 2 aliphatic rings. The van der Waals surface area contributed by atoms with Gasteiger partial charge in [0.2, 0.25) is 0 Å². The minimum Gasteiger partial charge on any atom is -0.333 e. The molecule has 8 nitrogen and oxygen atoms in total. The quantitative estimate of drug-likeness (QED) is 0.213. The molecule has 1 fully saturated rings. The van der Waals surface area contributed by atoms with E-state index < -0.39 is 28.8 Å². The van der Waals surface area contributed by atoms with Gasteiger partial charge in [0.25, 0.3) is 6.04 Å². The first-order valence-electron chi connectivity index (χ1n) is 4.64. The maximum Gasteiger partial charge on any atom is 0.330 e. The molecule has 0 saturated carbocycles. The van der Waals surface area contributed by atoms with Gasteiger partial charge in [-0.15, -0.1) is 0 Å². The van der Waals surface area contributed by atoms with Gasteiger partial charge < -0.3 is 5.32 Å². The van der Waals surface area contributed by atoms with E-state index in [1.54, 1.807) is 0 Å². The summed E-state index contributed by atoms with van der Waals surface area (Å²) in [7, 11) is 0. The molecule has 96 valence electrons. The third kappa shape index (κ3) is 1.85. The Kier molecular flexibility index (Phi) is 3.25. The first kappa shape index (κ1) is 13.2. The molecular weight excluding hydrogens is 376 g/mol. The Balaban J connectivity index is 2.53. The predicted molar refractivity (Wildman–Crippen MR) is 66.7 cm³/mol. The van der Waals surface area contributed by atoms with Crippen molar-refractivity contribution >= 4 is 43.7 Å². The minimum absolute atomic E-state index is 0.163. The van der Waals surface area contributed by atoms with Gasteiger partial charge in [0, 0.05) is 9.41 Å². The van der Waals surface area contributed by atoms with Crippen LogP contribution in [0.4, 0.5) is 0 Å². The number of nitro groups is 1. The van der Waals surface area contributed by atoms with E-state index >= 15 is 0 Å². The summed E-state index contributed by atoms with van der Waals surface area (Å²) in [6, 6.07) is -2.21. The fourth-order valence-corrected chi connectivity index (χ4v) is 2.77. The fraction of sp³-hybridized carbons (Fsp3) is 0.250. The Bertz CT molecular complexity index is 529. The first-order chi connectivity index (χ1) is 8.34. The summed E-state index contributed by atoms with van der Waals surface area (Å²) in [5, 5.41) is 14.0. The normalized spacial score (nSPS) is 27.7. The van der Waals surface area contributed by atoms with Crippen molar-refractivity contribution in [3.8, 4) is 0 Å². The molecule has 2 atom stereocenters. The summed E-state index contributed by atoms with van der Waals surface area (Å²) >= 11 is 6.22. The van der Waals surface area contributed by atoms with Crippen LogP contribution in [-0.4, -0.2) is 33.8 Å². The third-order valence-corrected chi connectivity index (χ3v) is 4.69. The molecule has 1 heterocycles. The highest BCUT2D eigenvalue weighted by molar-refractivity contribution is 9.14. The van der Waals surface area contributed by atoms with E-state index in [-0.39, 0.29) is 10.2 Å². The average molecular weight is 382 g/mol. The van der Waals surface area contributed by atoms with Gasteiger partial charge in [-0.2, -0.15) is 0 Å². The molecule has 0 spiro atoms. The Morgan fingerprint density at radius 1 is 1.44 bits per heavy atom. The second-order valence-corrected chi connectivity index (χ2v) is 5.33. The Hall–Kier alpha value is -1.26. The van der Waals surface area contributed by atoms with Gasteiger partial charge in [0.15, 0.2) is 0 Å². The lowest BCUT2D eigenvalue weighted by molar-refractivity contribution is -0.513. The number of carbonyl (C=O) groups is 2. The van der Waals surface area contributed by atoms with Crippen LogP contribution in [0.3, 0.4) is 0 Å². The molecule has 2 amide bonds. The maximum absolute atomic E-state index is 11.4. The zero-order valence-electron chi connectivity index (χ0n) is 8.59. The number of nitrogens with zero attached hydrogens (tertiary/aromatic N) is 2. The number of nitrogens with one attached hydrogen (secondary N) is 1. The number of piperazine rings is 1. The summed E-state index contributed by atoms with van der Waals surface area (Å²) < 4.78 is 0.666. The average Bonchev–Trinajstić information content (AvgIpc) is 2.29. The highest BCUT2D eigenvalue weighted by Crippen LogP contribution is 2.35. The molecule has 0 bridgehead atoms. The molecule has 0 aromatic heterocycles. The van der Waals surface area contributed by atoms with Crippen molar-refractivity contribution in [1.29, 1.82) is 0 Å². The van der Waals surface area contributed by atoms with Gasteiger partial charge in [-0.25, -0.2) is 10.9 Å². The van der Waals surface area contributed by atoms with Crippen LogP contribution in [0.5, 0.6) is 0 Å². The van der Waals surface area contributed by atoms with E-state index in [1.807, 2.05) is 0 Å². The van der Waals surface area contributed by atoms with Gasteiger partial charge in [0.1, 0.15) is 6.04 Å². The summed E-state index contributed by atoms with van der Waals surface area (Å²) in [4.78, 5) is 33.2. The van der Waals surface area contributed by atoms with Crippen molar-refractivity contribution in [2.24, 2.45) is 5.84 Å². The number of fused-ring (bicyclic) bond motifs is 1. The number of amides is 2. The molecule has 0 aromatic carbocycles. The molecule has 0 aromatic rings. The highest BCUT2D eigenvalue weighted by atomic mass is 79.9. The summed E-state index contributed by atoms with van der Waals surface area (Å²) in [6.07, 6.45) is 1.45. The number of hydrogen-bond acceptors (Lipinski definition) is 5. The number of carbonyl (C=O) groups excluding carboxylic acids is 2. The number of nitrogens with two attached hydrogens (primary N) is 1. The number of allylic oxidation sites excluding steroid dienone is 2. The van der Waals surface area contributed by atoms with Crippen molar-refractivity contribution in [2.45, 2.75) is 12.1 Å². The summed E-state index contributed by atoms with van der Waals surface area (Å²) in [6.45, 7) is 0. The van der Waals surface area contributed by atoms with Crippen LogP contribution in [0.15, 0.2) is 20.7 Å². The second-order valence-electron chi connectivity index (χ2n) is 3.62. The molecule has 18 heavy (non-hydrogen) atoms. The molecule has 1 saturated heterocycles. The highest BCUT2D eigenvalue weighted by Gasteiger charge is 2.48. The molecule has 1 aliphatic heterocycles. The molecule has 3 N–H and O–H groups in total. The first-order valence-corrected chi connectivity index (χ1v) is 6.23. The lowest BCUT2D eigenvalue weighted by atomic mass is 9.97. The van der Waals surface area contributed by atoms with Gasteiger partial charge in [-0.3, -0.25) is 19.7 Å². The van der Waals surface area contributed by atoms with Crippen LogP contribution in [0.2, 0.25) is 0 Å². The lowest BCUT2D eigenvalue weighted by Gasteiger charge is -2.35. The van der Waals surface area contributed by atoms with E-state index in [4.69, 9.17) is 5.84 Å². The monoisotopic (exact) mass is 380 g/mol. The number of halogens is 2. The SMILES string of the molecule is NN1C(=O)C(=O)NC2C1=CC(Br)=C(Br)C2[N+](=O)[O-]. The van der Waals surface area contributed by atoms with Crippen molar-refractivity contribution in [2.75, 3.05) is 0 Å². The van der Waals surface area contributed by atoms with Crippen molar-refractivity contribution in [1.82, 2.24) is 10.3 Å². The van der Waals surface area contributed by atoms with Crippen LogP contribution in [0, 0.1) is 10.1 Å². The number of hydrazine groups is 1. The Morgan fingerprint density at radius 2 is 2.06 bits per heavy atom. The predicted octanol–water partition coefficient (Wildman–Crippen LogP) is -0.269. The fourth-order valence-electron chi connectivity index (χ4n) is 1.75. The molecular formula is C8H6Br2N4O4. The van der Waals surface area contributed by atoms with Crippen molar-refractivity contribution < 1.29 is 14.5 Å². The van der Waals surface area contributed by atoms with E-state index in [1.165, 1.54) is 6.08 Å². The summed E-state index contributed by atoms with van der Waals surface area (Å²) in [5.74, 6) is 3.54. The Labute approximate surface area is 117 Å². The smallest absolute Gasteiger partial charge is 0.330 e. The second kappa shape index (κ2) is 4.44. The van der Waals surface area contributed by atoms with E-state index in [0.717, 1.165) is 0 Å². The van der Waals surface area contributed by atoms with Gasteiger partial charge >= 0.3 is 11.8 Å². The van der Waals surface area contributed by atoms with Gasteiger partial charge in [-0.05, 0) is 37.9 Å². The molecule has 0 radical (unpaired) electrons. The van der Waals surface area contributed by atoms with Crippen molar-refractivity contribution in [3.63, 3.8) is 0 Å². The van der Waals surface area contributed by atoms with Crippen LogP contribution in [-0.2, 0) is 9.59 Å².